The number of carboxylic acids is 1. The summed E-state index contributed by atoms with van der Waals surface area (Å²) in [6, 6.07) is 3.00. The number of nitrogens with zero attached hydrogens (tertiary/aromatic N) is 1. The third kappa shape index (κ3) is 3.32. The van der Waals surface area contributed by atoms with Crippen molar-refractivity contribution in [1.29, 1.82) is 0 Å². The first-order chi connectivity index (χ1) is 7.00. The molecular weight excluding hydrogens is 194 g/mol. The minimum absolute atomic E-state index is 0.135. The lowest BCUT2D eigenvalue weighted by molar-refractivity contribution is 0.0696. The molecule has 0 amide bonds. The maximum atomic E-state index is 10.6. The summed E-state index contributed by atoms with van der Waals surface area (Å²) < 4.78 is 0. The summed E-state index contributed by atoms with van der Waals surface area (Å²) in [5.41, 5.74) is 0.657. The zero-order valence-electron chi connectivity index (χ0n) is 8.84. The van der Waals surface area contributed by atoms with Crippen molar-refractivity contribution in [2.45, 2.75) is 26.4 Å². The summed E-state index contributed by atoms with van der Waals surface area (Å²) in [6.45, 7) is 4.02. The Balaban J connectivity index is 2.75. The normalized spacial score (nSPS) is 12.8. The number of aromatic nitrogens is 1. The Morgan fingerprint density at radius 3 is 2.53 bits per heavy atom. The van der Waals surface area contributed by atoms with Crippen molar-refractivity contribution in [3.05, 3.63) is 29.6 Å². The average Bonchev–Trinajstić information content (AvgIpc) is 2.17. The summed E-state index contributed by atoms with van der Waals surface area (Å²) in [5.74, 6) is -0.631. The Hall–Kier alpha value is -1.42. The van der Waals surface area contributed by atoms with E-state index in [1.165, 1.54) is 12.3 Å². The quantitative estimate of drug-likeness (QED) is 0.794. The van der Waals surface area contributed by atoms with Gasteiger partial charge in [-0.1, -0.05) is 13.8 Å². The lowest BCUT2D eigenvalue weighted by Crippen LogP contribution is -2.05. The van der Waals surface area contributed by atoms with Crippen molar-refractivity contribution in [2.75, 3.05) is 0 Å². The lowest BCUT2D eigenvalue weighted by Gasteiger charge is -2.12. The van der Waals surface area contributed by atoms with E-state index < -0.39 is 12.1 Å². The molecule has 0 aliphatic heterocycles. The van der Waals surface area contributed by atoms with Crippen molar-refractivity contribution in [2.24, 2.45) is 5.92 Å². The maximum absolute atomic E-state index is 10.6. The van der Waals surface area contributed by atoms with Crippen LogP contribution >= 0.6 is 0 Å². The molecule has 1 aromatic rings. The zero-order valence-corrected chi connectivity index (χ0v) is 8.84. The molecule has 1 unspecified atom stereocenters. The van der Waals surface area contributed by atoms with Gasteiger partial charge in [0.15, 0.2) is 0 Å². The monoisotopic (exact) mass is 209 g/mol. The highest BCUT2D eigenvalue weighted by atomic mass is 16.4. The molecule has 0 radical (unpaired) electrons. The molecule has 0 saturated heterocycles. The second kappa shape index (κ2) is 4.89. The maximum Gasteiger partial charge on any atom is 0.337 e. The summed E-state index contributed by atoms with van der Waals surface area (Å²) in [7, 11) is 0. The molecular formula is C11H15NO3. The molecule has 4 heteroatoms. The van der Waals surface area contributed by atoms with Gasteiger partial charge in [0.05, 0.1) is 17.4 Å². The van der Waals surface area contributed by atoms with Gasteiger partial charge in [0, 0.05) is 6.20 Å². The molecule has 1 rings (SSSR count). The molecule has 1 aromatic heterocycles. The van der Waals surface area contributed by atoms with E-state index in [2.05, 4.69) is 4.98 Å². The Bertz CT molecular complexity index is 332. The molecule has 0 spiro atoms. The molecule has 0 aliphatic carbocycles. The fourth-order valence-corrected chi connectivity index (χ4v) is 1.30. The van der Waals surface area contributed by atoms with Crippen LogP contribution in [0.15, 0.2) is 18.3 Å². The van der Waals surface area contributed by atoms with Crippen molar-refractivity contribution in [3.8, 4) is 0 Å². The molecule has 0 bridgehead atoms. The van der Waals surface area contributed by atoms with Crippen LogP contribution < -0.4 is 0 Å². The highest BCUT2D eigenvalue weighted by Gasteiger charge is 2.11. The third-order valence-electron chi connectivity index (χ3n) is 2.07. The van der Waals surface area contributed by atoms with Gasteiger partial charge in [-0.2, -0.15) is 0 Å². The van der Waals surface area contributed by atoms with Gasteiger partial charge in [0.2, 0.25) is 0 Å². The van der Waals surface area contributed by atoms with E-state index >= 15 is 0 Å². The average molecular weight is 209 g/mol. The highest BCUT2D eigenvalue weighted by Crippen LogP contribution is 2.18. The predicted molar refractivity (Wildman–Crippen MR) is 55.6 cm³/mol. The van der Waals surface area contributed by atoms with Crippen molar-refractivity contribution < 1.29 is 15.0 Å². The van der Waals surface area contributed by atoms with E-state index in [0.717, 1.165) is 0 Å². The van der Waals surface area contributed by atoms with Gasteiger partial charge in [0.25, 0.3) is 0 Å². The number of carbonyl (C=O) groups is 1. The van der Waals surface area contributed by atoms with Crippen LogP contribution in [0.3, 0.4) is 0 Å². The van der Waals surface area contributed by atoms with E-state index in [1.807, 2.05) is 13.8 Å². The molecule has 82 valence electrons. The third-order valence-corrected chi connectivity index (χ3v) is 2.07. The van der Waals surface area contributed by atoms with E-state index in [-0.39, 0.29) is 5.56 Å². The van der Waals surface area contributed by atoms with E-state index in [1.54, 1.807) is 6.07 Å². The number of hydrogen-bond acceptors (Lipinski definition) is 3. The number of rotatable bonds is 4. The van der Waals surface area contributed by atoms with Gasteiger partial charge in [-0.25, -0.2) is 4.79 Å². The highest BCUT2D eigenvalue weighted by molar-refractivity contribution is 5.87. The molecule has 1 heterocycles. The first kappa shape index (κ1) is 11.7. The van der Waals surface area contributed by atoms with Crippen LogP contribution in [0, 0.1) is 5.92 Å². The number of aliphatic hydroxyl groups is 1. The minimum atomic E-state index is -1.01. The van der Waals surface area contributed by atoms with Gasteiger partial charge in [-0.15, -0.1) is 0 Å². The number of aliphatic hydroxyl groups excluding tert-OH is 1. The van der Waals surface area contributed by atoms with Crippen LogP contribution in [-0.2, 0) is 0 Å². The molecule has 15 heavy (non-hydrogen) atoms. The minimum Gasteiger partial charge on any atom is -0.478 e. The topological polar surface area (TPSA) is 70.4 Å². The fraction of sp³-hybridized carbons (Fsp3) is 0.455. The summed E-state index contributed by atoms with van der Waals surface area (Å²) >= 11 is 0. The molecule has 0 aromatic carbocycles. The summed E-state index contributed by atoms with van der Waals surface area (Å²) in [6.07, 6.45) is 1.27. The van der Waals surface area contributed by atoms with E-state index in [9.17, 15) is 9.90 Å². The van der Waals surface area contributed by atoms with Gasteiger partial charge < -0.3 is 10.2 Å². The molecule has 2 N–H and O–H groups in total. The fourth-order valence-electron chi connectivity index (χ4n) is 1.30. The molecule has 0 saturated carbocycles. The van der Waals surface area contributed by atoms with Gasteiger partial charge in [0.1, 0.15) is 0 Å². The predicted octanol–water partition coefficient (Wildman–Crippen LogP) is 1.86. The van der Waals surface area contributed by atoms with Crippen LogP contribution in [0.4, 0.5) is 0 Å². The van der Waals surface area contributed by atoms with Gasteiger partial charge >= 0.3 is 5.97 Å². The Morgan fingerprint density at radius 1 is 1.47 bits per heavy atom. The number of hydrogen-bond donors (Lipinski definition) is 2. The SMILES string of the molecule is CC(C)CC(O)c1ccc(C(=O)O)cn1. The van der Waals surface area contributed by atoms with Crippen LogP contribution in [0.2, 0.25) is 0 Å². The Morgan fingerprint density at radius 2 is 2.13 bits per heavy atom. The second-order valence-electron chi connectivity index (χ2n) is 3.92. The van der Waals surface area contributed by atoms with Crippen LogP contribution in [0.1, 0.15) is 42.4 Å². The van der Waals surface area contributed by atoms with Gasteiger partial charge in [-0.05, 0) is 24.5 Å². The molecule has 4 nitrogen and oxygen atoms in total. The zero-order chi connectivity index (χ0) is 11.4. The summed E-state index contributed by atoms with van der Waals surface area (Å²) in [5, 5.41) is 18.4. The summed E-state index contributed by atoms with van der Waals surface area (Å²) in [4.78, 5) is 14.5. The van der Waals surface area contributed by atoms with Gasteiger partial charge in [-0.3, -0.25) is 4.98 Å². The molecule has 1 atom stereocenters. The largest absolute Gasteiger partial charge is 0.478 e. The number of carboxylic acid groups (broad SMARTS) is 1. The molecule has 0 fully saturated rings. The van der Waals surface area contributed by atoms with E-state index in [0.29, 0.717) is 18.0 Å². The number of pyridine rings is 1. The first-order valence-corrected chi connectivity index (χ1v) is 4.88. The Labute approximate surface area is 88.6 Å². The van der Waals surface area contributed by atoms with Crippen LogP contribution in [0.5, 0.6) is 0 Å². The first-order valence-electron chi connectivity index (χ1n) is 4.88. The lowest BCUT2D eigenvalue weighted by atomic mass is 10.0. The van der Waals surface area contributed by atoms with Crippen LogP contribution in [-0.4, -0.2) is 21.2 Å². The van der Waals surface area contributed by atoms with Crippen molar-refractivity contribution >= 4 is 5.97 Å². The van der Waals surface area contributed by atoms with Crippen molar-refractivity contribution in [3.63, 3.8) is 0 Å². The van der Waals surface area contributed by atoms with Crippen molar-refractivity contribution in [1.82, 2.24) is 4.98 Å². The number of aromatic carboxylic acids is 1. The van der Waals surface area contributed by atoms with Crippen LogP contribution in [0.25, 0.3) is 0 Å². The van der Waals surface area contributed by atoms with E-state index in [4.69, 9.17) is 5.11 Å². The molecule has 0 aliphatic rings. The Kier molecular flexibility index (Phi) is 3.80. The standard InChI is InChI=1S/C11H15NO3/c1-7(2)5-10(13)9-4-3-8(6-12-9)11(14)15/h3-4,6-7,10,13H,5H2,1-2H3,(H,14,15). The second-order valence-corrected chi connectivity index (χ2v) is 3.92. The smallest absolute Gasteiger partial charge is 0.337 e.